The van der Waals surface area contributed by atoms with Gasteiger partial charge in [-0.15, -0.1) is 0 Å². The van der Waals surface area contributed by atoms with Gasteiger partial charge >= 0.3 is 6.03 Å². The van der Waals surface area contributed by atoms with Crippen molar-refractivity contribution >= 4 is 46.5 Å². The molecule has 0 fully saturated rings. The Morgan fingerprint density at radius 3 is 2.80 bits per heavy atom. The lowest BCUT2D eigenvalue weighted by Crippen LogP contribution is -2.31. The minimum absolute atomic E-state index is 0.308. The van der Waals surface area contributed by atoms with Crippen molar-refractivity contribution < 1.29 is 4.79 Å². The first-order valence-electron chi connectivity index (χ1n) is 5.73. The summed E-state index contributed by atoms with van der Waals surface area (Å²) in [4.78, 5) is 11.7. The number of nitrogens with one attached hydrogen (secondary N) is 2. The fraction of sp³-hybridized carbons (Fsp3) is 0.167. The zero-order valence-electron chi connectivity index (χ0n) is 10.2. The zero-order chi connectivity index (χ0) is 14.5. The SMILES string of the molecule is O=C(NCCn1cc(Cl)cn1)Nc1cccc(Cl)c1Cl. The topological polar surface area (TPSA) is 59.0 Å². The number of halogens is 3. The Kier molecular flexibility index (Phi) is 5.11. The van der Waals surface area contributed by atoms with Crippen molar-refractivity contribution in [2.75, 3.05) is 11.9 Å². The van der Waals surface area contributed by atoms with Crippen LogP contribution in [0, 0.1) is 0 Å². The van der Waals surface area contributed by atoms with Crippen molar-refractivity contribution in [1.82, 2.24) is 15.1 Å². The van der Waals surface area contributed by atoms with Crippen molar-refractivity contribution in [3.8, 4) is 0 Å². The van der Waals surface area contributed by atoms with Gasteiger partial charge in [-0.1, -0.05) is 40.9 Å². The van der Waals surface area contributed by atoms with Crippen LogP contribution >= 0.6 is 34.8 Å². The second-order valence-corrected chi connectivity index (χ2v) is 5.13. The molecule has 0 unspecified atom stereocenters. The molecule has 0 atom stereocenters. The lowest BCUT2D eigenvalue weighted by atomic mass is 10.3. The van der Waals surface area contributed by atoms with E-state index in [2.05, 4.69) is 15.7 Å². The van der Waals surface area contributed by atoms with E-state index in [1.54, 1.807) is 29.1 Å². The summed E-state index contributed by atoms with van der Waals surface area (Å²) < 4.78 is 1.63. The van der Waals surface area contributed by atoms with E-state index in [9.17, 15) is 4.79 Å². The van der Waals surface area contributed by atoms with E-state index in [-0.39, 0.29) is 6.03 Å². The van der Waals surface area contributed by atoms with Crippen LogP contribution in [0.15, 0.2) is 30.6 Å². The van der Waals surface area contributed by atoms with Gasteiger partial charge in [0.15, 0.2) is 0 Å². The lowest BCUT2D eigenvalue weighted by molar-refractivity contribution is 0.251. The number of anilines is 1. The Bertz CT molecular complexity index is 614. The molecule has 1 aromatic heterocycles. The summed E-state index contributed by atoms with van der Waals surface area (Å²) in [7, 11) is 0. The van der Waals surface area contributed by atoms with Crippen LogP contribution in [0.25, 0.3) is 0 Å². The zero-order valence-corrected chi connectivity index (χ0v) is 12.5. The van der Waals surface area contributed by atoms with E-state index in [0.29, 0.717) is 33.8 Å². The van der Waals surface area contributed by atoms with Gasteiger partial charge in [0, 0.05) is 12.7 Å². The summed E-state index contributed by atoms with van der Waals surface area (Å²) in [5.74, 6) is 0. The first-order valence-corrected chi connectivity index (χ1v) is 6.86. The molecule has 0 saturated carbocycles. The van der Waals surface area contributed by atoms with Crippen LogP contribution in [0.3, 0.4) is 0 Å². The van der Waals surface area contributed by atoms with Gasteiger partial charge in [-0.25, -0.2) is 4.79 Å². The molecule has 2 aromatic rings. The number of hydrogen-bond acceptors (Lipinski definition) is 2. The molecule has 0 aliphatic heterocycles. The number of benzene rings is 1. The molecule has 0 spiro atoms. The third-order valence-corrected chi connectivity index (χ3v) is 3.44. The maximum Gasteiger partial charge on any atom is 0.319 e. The quantitative estimate of drug-likeness (QED) is 0.897. The van der Waals surface area contributed by atoms with Crippen molar-refractivity contribution in [3.05, 3.63) is 45.7 Å². The molecule has 2 amide bonds. The molecule has 1 aromatic carbocycles. The van der Waals surface area contributed by atoms with Crippen LogP contribution in [-0.4, -0.2) is 22.4 Å². The molecule has 0 aliphatic carbocycles. The first kappa shape index (κ1) is 15.0. The van der Waals surface area contributed by atoms with E-state index in [1.165, 1.54) is 6.20 Å². The van der Waals surface area contributed by atoms with Gasteiger partial charge in [-0.05, 0) is 12.1 Å². The Morgan fingerprint density at radius 2 is 2.10 bits per heavy atom. The Balaban J connectivity index is 1.82. The summed E-state index contributed by atoms with van der Waals surface area (Å²) in [6, 6.07) is 4.65. The average Bonchev–Trinajstić information content (AvgIpc) is 2.81. The summed E-state index contributed by atoms with van der Waals surface area (Å²) in [5.41, 5.74) is 0.457. The third kappa shape index (κ3) is 4.03. The number of aromatic nitrogens is 2. The highest BCUT2D eigenvalue weighted by atomic mass is 35.5. The monoisotopic (exact) mass is 332 g/mol. The lowest BCUT2D eigenvalue weighted by Gasteiger charge is -2.09. The number of urea groups is 1. The smallest absolute Gasteiger partial charge is 0.319 e. The van der Waals surface area contributed by atoms with Gasteiger partial charge < -0.3 is 10.6 Å². The molecule has 0 bridgehead atoms. The normalized spacial score (nSPS) is 10.3. The van der Waals surface area contributed by atoms with E-state index in [0.717, 1.165) is 0 Å². The maximum absolute atomic E-state index is 11.7. The van der Waals surface area contributed by atoms with Crippen LogP contribution in [0.2, 0.25) is 15.1 Å². The molecule has 0 radical (unpaired) electrons. The second-order valence-electron chi connectivity index (χ2n) is 3.90. The van der Waals surface area contributed by atoms with E-state index in [1.807, 2.05) is 0 Å². The Morgan fingerprint density at radius 1 is 1.30 bits per heavy atom. The molecule has 0 saturated heterocycles. The highest BCUT2D eigenvalue weighted by Gasteiger charge is 2.07. The molecule has 5 nitrogen and oxygen atoms in total. The molecule has 2 N–H and O–H groups in total. The summed E-state index contributed by atoms with van der Waals surface area (Å²) >= 11 is 17.6. The van der Waals surface area contributed by atoms with Crippen LogP contribution in [0.1, 0.15) is 0 Å². The second kappa shape index (κ2) is 6.83. The molecular weight excluding hydrogens is 323 g/mol. The molecule has 106 valence electrons. The number of amides is 2. The highest BCUT2D eigenvalue weighted by molar-refractivity contribution is 6.43. The Labute approximate surface area is 130 Å². The number of rotatable bonds is 4. The minimum Gasteiger partial charge on any atom is -0.336 e. The van der Waals surface area contributed by atoms with Gasteiger partial charge in [-0.2, -0.15) is 5.10 Å². The van der Waals surface area contributed by atoms with E-state index in [4.69, 9.17) is 34.8 Å². The van der Waals surface area contributed by atoms with Crippen LogP contribution in [0.5, 0.6) is 0 Å². The van der Waals surface area contributed by atoms with Crippen molar-refractivity contribution in [3.63, 3.8) is 0 Å². The largest absolute Gasteiger partial charge is 0.336 e. The molecule has 1 heterocycles. The van der Waals surface area contributed by atoms with Gasteiger partial charge in [0.1, 0.15) is 0 Å². The minimum atomic E-state index is -0.368. The number of nitrogens with zero attached hydrogens (tertiary/aromatic N) is 2. The van der Waals surface area contributed by atoms with Crippen LogP contribution in [0.4, 0.5) is 10.5 Å². The number of hydrogen-bond donors (Lipinski definition) is 2. The summed E-state index contributed by atoms with van der Waals surface area (Å²) in [6.45, 7) is 0.922. The van der Waals surface area contributed by atoms with Gasteiger partial charge in [0.05, 0.1) is 33.5 Å². The summed E-state index contributed by atoms with van der Waals surface area (Å²) in [6.07, 6.45) is 3.21. The highest BCUT2D eigenvalue weighted by Crippen LogP contribution is 2.29. The van der Waals surface area contributed by atoms with Crippen LogP contribution in [-0.2, 0) is 6.54 Å². The fourth-order valence-electron chi connectivity index (χ4n) is 1.51. The van der Waals surface area contributed by atoms with Crippen molar-refractivity contribution in [1.29, 1.82) is 0 Å². The fourth-order valence-corrected chi connectivity index (χ4v) is 2.02. The van der Waals surface area contributed by atoms with E-state index < -0.39 is 0 Å². The molecule has 2 rings (SSSR count). The number of carbonyl (C=O) groups excluding carboxylic acids is 1. The van der Waals surface area contributed by atoms with Crippen molar-refractivity contribution in [2.45, 2.75) is 6.54 Å². The van der Waals surface area contributed by atoms with Gasteiger partial charge in [-0.3, -0.25) is 4.68 Å². The van der Waals surface area contributed by atoms with Gasteiger partial charge in [0.25, 0.3) is 0 Å². The molecule has 0 aliphatic rings. The predicted octanol–water partition coefficient (Wildman–Crippen LogP) is 3.67. The molecular formula is C12H11Cl3N4O. The number of carbonyl (C=O) groups is 1. The average molecular weight is 334 g/mol. The predicted molar refractivity (Wildman–Crippen MR) is 80.7 cm³/mol. The summed E-state index contributed by atoms with van der Waals surface area (Å²) in [5, 5.41) is 10.5. The molecule has 20 heavy (non-hydrogen) atoms. The van der Waals surface area contributed by atoms with E-state index >= 15 is 0 Å². The maximum atomic E-state index is 11.7. The standard InChI is InChI=1S/C12H11Cl3N4O/c13-8-6-17-19(7-8)5-4-16-12(20)18-10-3-1-2-9(14)11(10)15/h1-3,6-7H,4-5H2,(H2,16,18,20). The Hall–Kier alpha value is -1.43. The first-order chi connectivity index (χ1) is 9.56. The van der Waals surface area contributed by atoms with Gasteiger partial charge in [0.2, 0.25) is 0 Å². The van der Waals surface area contributed by atoms with Crippen molar-refractivity contribution in [2.24, 2.45) is 0 Å². The third-order valence-electron chi connectivity index (χ3n) is 2.43. The van der Waals surface area contributed by atoms with Crippen LogP contribution < -0.4 is 10.6 Å². The molecule has 8 heteroatoms.